The molecule has 1 radical (unpaired) electrons. The fraction of sp³-hybridized carbons (Fsp3) is 0.100. The van der Waals surface area contributed by atoms with E-state index in [9.17, 15) is 0 Å². The predicted octanol–water partition coefficient (Wildman–Crippen LogP) is 2.87. The van der Waals surface area contributed by atoms with Crippen molar-refractivity contribution in [3.8, 4) is 0 Å². The van der Waals surface area contributed by atoms with Gasteiger partial charge in [-0.05, 0) is 11.1 Å². The molecule has 1 aliphatic rings. The summed E-state index contributed by atoms with van der Waals surface area (Å²) in [6, 6.07) is 8.29. The van der Waals surface area contributed by atoms with Crippen LogP contribution in [0.5, 0.6) is 0 Å². The molecule has 0 saturated heterocycles. The molecule has 0 spiro atoms. The average molecular weight is 164 g/mol. The van der Waals surface area contributed by atoms with Gasteiger partial charge in [-0.3, -0.25) is 0 Å². The zero-order valence-corrected chi connectivity index (χ0v) is 6.81. The molecule has 0 saturated carbocycles. The highest BCUT2D eigenvalue weighted by atomic mass is 35.5. The summed E-state index contributed by atoms with van der Waals surface area (Å²) in [7, 11) is 0. The number of allylic oxidation sites excluding steroid dienone is 1. The van der Waals surface area contributed by atoms with Gasteiger partial charge in [-0.2, -0.15) is 0 Å². The van der Waals surface area contributed by atoms with Gasteiger partial charge in [0.25, 0.3) is 0 Å². The molecule has 0 nitrogen and oxygen atoms in total. The van der Waals surface area contributed by atoms with Crippen LogP contribution in [0.2, 0.25) is 0 Å². The summed E-state index contributed by atoms with van der Waals surface area (Å²) in [5, 5.41) is 0. The van der Waals surface area contributed by atoms with Crippen LogP contribution in [0, 0.1) is 5.92 Å². The summed E-state index contributed by atoms with van der Waals surface area (Å²) < 4.78 is 0. The van der Waals surface area contributed by atoms with E-state index in [1.165, 1.54) is 17.0 Å². The van der Waals surface area contributed by atoms with Gasteiger partial charge in [0.05, 0.1) is 0 Å². The molecule has 11 heavy (non-hydrogen) atoms. The van der Waals surface area contributed by atoms with Crippen LogP contribution >= 0.6 is 11.6 Å². The minimum absolute atomic E-state index is 0.605. The normalized spacial score (nSPS) is 15.4. The van der Waals surface area contributed by atoms with E-state index in [1.54, 1.807) is 0 Å². The number of fused-ring (bicyclic) bond motifs is 1. The first-order chi connectivity index (χ1) is 5.42. The Hall–Kier alpha value is -0.750. The molecular formula is C10H8Cl. The largest absolute Gasteiger partial charge is 0.125 e. The molecule has 0 atom stereocenters. The number of hydrogen-bond donors (Lipinski definition) is 0. The van der Waals surface area contributed by atoms with Gasteiger partial charge < -0.3 is 0 Å². The molecule has 1 aliphatic carbocycles. The van der Waals surface area contributed by atoms with Gasteiger partial charge in [-0.25, -0.2) is 0 Å². The van der Waals surface area contributed by atoms with Crippen molar-refractivity contribution in [1.82, 2.24) is 0 Å². The van der Waals surface area contributed by atoms with Crippen LogP contribution in [-0.2, 0) is 0 Å². The standard InChI is InChI=1S/C10H8Cl/c11-7-9-6-5-8-3-1-2-4-10(8)9/h1-6H,7H2. The fourth-order valence-corrected chi connectivity index (χ4v) is 1.56. The third-order valence-corrected chi connectivity index (χ3v) is 2.20. The lowest BCUT2D eigenvalue weighted by Gasteiger charge is -2.03. The maximum atomic E-state index is 5.75. The molecular weight excluding hydrogens is 156 g/mol. The molecule has 1 aromatic carbocycles. The van der Waals surface area contributed by atoms with Gasteiger partial charge in [0.15, 0.2) is 0 Å². The number of hydrogen-bond acceptors (Lipinski definition) is 0. The molecule has 55 valence electrons. The van der Waals surface area contributed by atoms with Crippen LogP contribution in [0.25, 0.3) is 6.08 Å². The van der Waals surface area contributed by atoms with Gasteiger partial charge in [0.1, 0.15) is 0 Å². The second kappa shape index (κ2) is 2.71. The van der Waals surface area contributed by atoms with Crippen molar-refractivity contribution in [1.29, 1.82) is 0 Å². The highest BCUT2D eigenvalue weighted by molar-refractivity contribution is 6.20. The van der Waals surface area contributed by atoms with Gasteiger partial charge in [0.2, 0.25) is 0 Å². The van der Waals surface area contributed by atoms with Crippen LogP contribution in [0.3, 0.4) is 0 Å². The predicted molar refractivity (Wildman–Crippen MR) is 48.5 cm³/mol. The number of benzene rings is 1. The second-order valence-corrected chi connectivity index (χ2v) is 2.85. The molecule has 2 rings (SSSR count). The van der Waals surface area contributed by atoms with Gasteiger partial charge in [-0.15, -0.1) is 11.6 Å². The lowest BCUT2D eigenvalue weighted by Crippen LogP contribution is -1.94. The molecule has 1 heteroatoms. The van der Waals surface area contributed by atoms with Crippen LogP contribution in [0.1, 0.15) is 11.1 Å². The van der Waals surface area contributed by atoms with Crippen LogP contribution in [0.15, 0.2) is 30.3 Å². The monoisotopic (exact) mass is 163 g/mol. The Labute approximate surface area is 71.5 Å². The Bertz CT molecular complexity index is 289. The third kappa shape index (κ3) is 1.08. The van der Waals surface area contributed by atoms with Crippen molar-refractivity contribution >= 4 is 17.7 Å². The third-order valence-electron chi connectivity index (χ3n) is 1.91. The quantitative estimate of drug-likeness (QED) is 0.559. The molecule has 0 heterocycles. The fourth-order valence-electron chi connectivity index (χ4n) is 1.33. The van der Waals surface area contributed by atoms with Crippen molar-refractivity contribution in [2.24, 2.45) is 0 Å². The Morgan fingerprint density at radius 3 is 2.73 bits per heavy atom. The van der Waals surface area contributed by atoms with Crippen molar-refractivity contribution in [3.05, 3.63) is 47.4 Å². The molecule has 0 aliphatic heterocycles. The van der Waals surface area contributed by atoms with Crippen LogP contribution in [0.4, 0.5) is 0 Å². The van der Waals surface area contributed by atoms with Gasteiger partial charge in [-0.1, -0.05) is 36.4 Å². The highest BCUT2D eigenvalue weighted by Crippen LogP contribution is 2.29. The smallest absolute Gasteiger partial charge is 0.0420 e. The van der Waals surface area contributed by atoms with E-state index < -0.39 is 0 Å². The van der Waals surface area contributed by atoms with E-state index in [0.29, 0.717) is 5.88 Å². The topological polar surface area (TPSA) is 0 Å². The average Bonchev–Trinajstić information content (AvgIpc) is 2.47. The molecule has 0 unspecified atom stereocenters. The maximum Gasteiger partial charge on any atom is 0.0420 e. The van der Waals surface area contributed by atoms with E-state index in [4.69, 9.17) is 11.6 Å². The van der Waals surface area contributed by atoms with E-state index in [2.05, 4.69) is 24.3 Å². The van der Waals surface area contributed by atoms with E-state index in [-0.39, 0.29) is 0 Å². The number of alkyl halides is 1. The minimum Gasteiger partial charge on any atom is -0.125 e. The first-order valence-electron chi connectivity index (χ1n) is 3.61. The zero-order valence-electron chi connectivity index (χ0n) is 6.05. The summed E-state index contributed by atoms with van der Waals surface area (Å²) in [5.41, 5.74) is 2.56. The summed E-state index contributed by atoms with van der Waals surface area (Å²) in [5.74, 6) is 1.83. The van der Waals surface area contributed by atoms with Crippen LogP contribution in [-0.4, -0.2) is 5.88 Å². The molecule has 0 fully saturated rings. The molecule has 0 aromatic heterocycles. The molecule has 0 N–H and O–H groups in total. The lowest BCUT2D eigenvalue weighted by molar-refractivity contribution is 1.29. The second-order valence-electron chi connectivity index (χ2n) is 2.58. The zero-order chi connectivity index (χ0) is 7.68. The number of halogens is 1. The Kier molecular flexibility index (Phi) is 1.71. The van der Waals surface area contributed by atoms with Gasteiger partial charge >= 0.3 is 0 Å². The van der Waals surface area contributed by atoms with Crippen LogP contribution < -0.4 is 0 Å². The van der Waals surface area contributed by atoms with E-state index in [1.807, 2.05) is 12.1 Å². The van der Waals surface area contributed by atoms with Crippen molar-refractivity contribution in [2.75, 3.05) is 5.88 Å². The highest BCUT2D eigenvalue weighted by Gasteiger charge is 2.15. The minimum atomic E-state index is 0.605. The summed E-state index contributed by atoms with van der Waals surface area (Å²) in [6.07, 6.45) is 4.19. The van der Waals surface area contributed by atoms with E-state index >= 15 is 0 Å². The Balaban J connectivity index is 2.46. The van der Waals surface area contributed by atoms with Crippen molar-refractivity contribution in [3.63, 3.8) is 0 Å². The van der Waals surface area contributed by atoms with Gasteiger partial charge in [0, 0.05) is 11.8 Å². The maximum absolute atomic E-state index is 5.75. The SMILES string of the molecule is ClC[C]1C=Cc2ccccc21. The molecule has 0 amide bonds. The summed E-state index contributed by atoms with van der Waals surface area (Å²) >= 11 is 5.75. The Morgan fingerprint density at radius 2 is 1.91 bits per heavy atom. The molecule has 1 aromatic rings. The lowest BCUT2D eigenvalue weighted by atomic mass is 10.0. The first-order valence-corrected chi connectivity index (χ1v) is 4.14. The summed E-state index contributed by atoms with van der Waals surface area (Å²) in [6.45, 7) is 0. The van der Waals surface area contributed by atoms with Crippen molar-refractivity contribution in [2.45, 2.75) is 0 Å². The van der Waals surface area contributed by atoms with Crippen molar-refractivity contribution < 1.29 is 0 Å². The summed E-state index contributed by atoms with van der Waals surface area (Å²) in [4.78, 5) is 0. The number of rotatable bonds is 1. The first kappa shape index (κ1) is 6.93. The Morgan fingerprint density at radius 1 is 1.09 bits per heavy atom. The van der Waals surface area contributed by atoms with E-state index in [0.717, 1.165) is 0 Å². The molecule has 0 bridgehead atoms.